The number of nitrogens with one attached hydrogen (secondary N) is 2. The predicted octanol–water partition coefficient (Wildman–Crippen LogP) is 3.15. The van der Waals surface area contributed by atoms with Gasteiger partial charge >= 0.3 is 0 Å². The quantitative estimate of drug-likeness (QED) is 0.420. The van der Waals surface area contributed by atoms with Crippen LogP contribution in [-0.4, -0.2) is 29.0 Å². The first-order valence-corrected chi connectivity index (χ1v) is 8.80. The largest absolute Gasteiger partial charge is 0.340 e. The Hall–Kier alpha value is -3.26. The van der Waals surface area contributed by atoms with E-state index in [0.717, 1.165) is 0 Å². The molecule has 0 aliphatic heterocycles. The molecule has 0 spiro atoms. The molecule has 0 aliphatic carbocycles. The molecule has 0 bridgehead atoms. The van der Waals surface area contributed by atoms with Crippen LogP contribution < -0.4 is 10.7 Å². The molecule has 1 atom stereocenters. The molecule has 2 amide bonds. The molecule has 1 unspecified atom stereocenters. The standard InChI is InChI=1S/C19H19ClN4O4/c1-12(2)17(22-18(25)15-5-3-4-6-16(15)20)19(26)23-21-11-13-7-9-14(10-8-13)24(27)28/h3-12,17H,1-2H3,(H,22,25)(H,23,26)/b21-11+. The second kappa shape index (κ2) is 9.61. The fourth-order valence-electron chi connectivity index (χ4n) is 2.32. The molecule has 0 fully saturated rings. The topological polar surface area (TPSA) is 114 Å². The van der Waals surface area contributed by atoms with E-state index in [4.69, 9.17) is 11.6 Å². The van der Waals surface area contributed by atoms with Gasteiger partial charge in [-0.1, -0.05) is 37.6 Å². The lowest BCUT2D eigenvalue weighted by atomic mass is 10.0. The van der Waals surface area contributed by atoms with Crippen molar-refractivity contribution in [2.75, 3.05) is 0 Å². The van der Waals surface area contributed by atoms with Crippen molar-refractivity contribution < 1.29 is 14.5 Å². The van der Waals surface area contributed by atoms with Crippen molar-refractivity contribution in [2.24, 2.45) is 11.0 Å². The fourth-order valence-corrected chi connectivity index (χ4v) is 2.54. The fraction of sp³-hybridized carbons (Fsp3) is 0.211. The molecule has 2 N–H and O–H groups in total. The summed E-state index contributed by atoms with van der Waals surface area (Å²) in [6.07, 6.45) is 1.36. The summed E-state index contributed by atoms with van der Waals surface area (Å²) < 4.78 is 0. The highest BCUT2D eigenvalue weighted by atomic mass is 35.5. The summed E-state index contributed by atoms with van der Waals surface area (Å²) in [4.78, 5) is 34.9. The van der Waals surface area contributed by atoms with Gasteiger partial charge in [0.25, 0.3) is 17.5 Å². The summed E-state index contributed by atoms with van der Waals surface area (Å²) in [7, 11) is 0. The van der Waals surface area contributed by atoms with Crippen LogP contribution in [0.5, 0.6) is 0 Å². The molecule has 2 aromatic carbocycles. The number of carbonyl (C=O) groups excluding carboxylic acids is 2. The molecule has 146 valence electrons. The van der Waals surface area contributed by atoms with Crippen molar-refractivity contribution >= 4 is 35.3 Å². The third-order valence-electron chi connectivity index (χ3n) is 3.85. The zero-order valence-corrected chi connectivity index (χ0v) is 16.0. The molecular formula is C19H19ClN4O4. The lowest BCUT2D eigenvalue weighted by Gasteiger charge is -2.20. The normalized spacial score (nSPS) is 12.0. The number of amides is 2. The van der Waals surface area contributed by atoms with Gasteiger partial charge in [-0.2, -0.15) is 5.10 Å². The van der Waals surface area contributed by atoms with Crippen molar-refractivity contribution in [1.29, 1.82) is 0 Å². The van der Waals surface area contributed by atoms with Gasteiger partial charge in [0.15, 0.2) is 0 Å². The molecule has 0 saturated heterocycles. The van der Waals surface area contributed by atoms with E-state index in [9.17, 15) is 19.7 Å². The number of benzene rings is 2. The molecule has 2 aromatic rings. The Kier molecular flexibility index (Phi) is 7.22. The van der Waals surface area contributed by atoms with Gasteiger partial charge in [0.1, 0.15) is 6.04 Å². The van der Waals surface area contributed by atoms with Crippen molar-refractivity contribution in [3.63, 3.8) is 0 Å². The number of nitro groups is 1. The SMILES string of the molecule is CC(C)C(NC(=O)c1ccccc1Cl)C(=O)N/N=C/c1ccc([N+](=O)[O-])cc1. The first kappa shape index (κ1) is 21.0. The third-order valence-corrected chi connectivity index (χ3v) is 4.18. The Morgan fingerprint density at radius 1 is 1.14 bits per heavy atom. The molecule has 0 aliphatic rings. The van der Waals surface area contributed by atoms with Crippen molar-refractivity contribution in [1.82, 2.24) is 10.7 Å². The van der Waals surface area contributed by atoms with Gasteiger partial charge in [0, 0.05) is 12.1 Å². The zero-order chi connectivity index (χ0) is 20.7. The van der Waals surface area contributed by atoms with Gasteiger partial charge in [-0.25, -0.2) is 5.43 Å². The van der Waals surface area contributed by atoms with Crippen LogP contribution in [-0.2, 0) is 4.79 Å². The Morgan fingerprint density at radius 2 is 1.79 bits per heavy atom. The molecule has 9 heteroatoms. The number of nitro benzene ring substituents is 1. The van der Waals surface area contributed by atoms with E-state index in [1.54, 1.807) is 38.1 Å². The molecule has 0 saturated carbocycles. The highest BCUT2D eigenvalue weighted by molar-refractivity contribution is 6.33. The number of hydrazone groups is 1. The van der Waals surface area contributed by atoms with Gasteiger partial charge in [-0.15, -0.1) is 0 Å². The number of non-ortho nitro benzene ring substituents is 1. The van der Waals surface area contributed by atoms with Crippen LogP contribution in [0.1, 0.15) is 29.8 Å². The maximum absolute atomic E-state index is 12.4. The molecule has 8 nitrogen and oxygen atoms in total. The number of hydrogen-bond acceptors (Lipinski definition) is 5. The van der Waals surface area contributed by atoms with E-state index in [0.29, 0.717) is 10.6 Å². The van der Waals surface area contributed by atoms with Crippen LogP contribution in [0.2, 0.25) is 5.02 Å². The lowest BCUT2D eigenvalue weighted by Crippen LogP contribution is -2.48. The zero-order valence-electron chi connectivity index (χ0n) is 15.3. The van der Waals surface area contributed by atoms with Gasteiger partial charge in [0.05, 0.1) is 21.7 Å². The summed E-state index contributed by atoms with van der Waals surface area (Å²) in [5.41, 5.74) is 3.18. The predicted molar refractivity (Wildman–Crippen MR) is 106 cm³/mol. The summed E-state index contributed by atoms with van der Waals surface area (Å²) in [6, 6.07) is 11.4. The average Bonchev–Trinajstić information content (AvgIpc) is 2.66. The number of hydrogen-bond donors (Lipinski definition) is 2. The van der Waals surface area contributed by atoms with Crippen LogP contribution >= 0.6 is 11.6 Å². The van der Waals surface area contributed by atoms with E-state index in [2.05, 4.69) is 15.8 Å². The minimum absolute atomic E-state index is 0.0386. The summed E-state index contributed by atoms with van der Waals surface area (Å²) in [6.45, 7) is 3.58. The third kappa shape index (κ3) is 5.62. The van der Waals surface area contributed by atoms with Crippen LogP contribution in [0, 0.1) is 16.0 Å². The lowest BCUT2D eigenvalue weighted by molar-refractivity contribution is -0.384. The Labute approximate surface area is 166 Å². The average molecular weight is 403 g/mol. The first-order chi connectivity index (χ1) is 13.3. The van der Waals surface area contributed by atoms with Crippen LogP contribution in [0.3, 0.4) is 0 Å². The van der Waals surface area contributed by atoms with Gasteiger partial charge in [-0.05, 0) is 35.7 Å². The van der Waals surface area contributed by atoms with Crippen LogP contribution in [0.25, 0.3) is 0 Å². The minimum Gasteiger partial charge on any atom is -0.340 e. The molecular weight excluding hydrogens is 384 g/mol. The Bertz CT molecular complexity index is 897. The van der Waals surface area contributed by atoms with E-state index in [1.807, 2.05) is 0 Å². The van der Waals surface area contributed by atoms with E-state index in [1.165, 1.54) is 30.5 Å². The van der Waals surface area contributed by atoms with Gasteiger partial charge in [0.2, 0.25) is 0 Å². The van der Waals surface area contributed by atoms with Gasteiger partial charge < -0.3 is 5.32 Å². The smallest absolute Gasteiger partial charge is 0.269 e. The van der Waals surface area contributed by atoms with Crippen molar-refractivity contribution in [3.05, 3.63) is 74.8 Å². The Morgan fingerprint density at radius 3 is 2.36 bits per heavy atom. The second-order valence-corrected chi connectivity index (χ2v) is 6.67. The van der Waals surface area contributed by atoms with Crippen molar-refractivity contribution in [3.8, 4) is 0 Å². The number of carbonyl (C=O) groups is 2. The van der Waals surface area contributed by atoms with Crippen LogP contribution in [0.15, 0.2) is 53.6 Å². The minimum atomic E-state index is -0.821. The summed E-state index contributed by atoms with van der Waals surface area (Å²) in [5.74, 6) is -1.15. The highest BCUT2D eigenvalue weighted by Crippen LogP contribution is 2.15. The molecule has 0 heterocycles. The van der Waals surface area contributed by atoms with Crippen LogP contribution in [0.4, 0.5) is 5.69 Å². The van der Waals surface area contributed by atoms with Crippen molar-refractivity contribution in [2.45, 2.75) is 19.9 Å². The monoisotopic (exact) mass is 402 g/mol. The number of nitrogens with zero attached hydrogens (tertiary/aromatic N) is 2. The maximum atomic E-state index is 12.4. The molecule has 0 aromatic heterocycles. The van der Waals surface area contributed by atoms with E-state index >= 15 is 0 Å². The van der Waals surface area contributed by atoms with Gasteiger partial charge in [-0.3, -0.25) is 19.7 Å². The molecule has 28 heavy (non-hydrogen) atoms. The summed E-state index contributed by atoms with van der Waals surface area (Å²) in [5, 5.41) is 17.4. The second-order valence-electron chi connectivity index (χ2n) is 6.26. The maximum Gasteiger partial charge on any atom is 0.269 e. The van der Waals surface area contributed by atoms with E-state index < -0.39 is 22.8 Å². The first-order valence-electron chi connectivity index (χ1n) is 8.42. The number of halogens is 1. The molecule has 2 rings (SSSR count). The molecule has 0 radical (unpaired) electrons. The number of rotatable bonds is 7. The summed E-state index contributed by atoms with van der Waals surface area (Å²) >= 11 is 6.02. The highest BCUT2D eigenvalue weighted by Gasteiger charge is 2.25. The van der Waals surface area contributed by atoms with E-state index in [-0.39, 0.29) is 17.2 Å². The Balaban J connectivity index is 2.01.